The Morgan fingerprint density at radius 1 is 0.889 bits per heavy atom. The van der Waals surface area contributed by atoms with Crippen molar-refractivity contribution in [3.05, 3.63) is 115 Å². The molecule has 4 nitrogen and oxygen atoms in total. The summed E-state index contributed by atoms with van der Waals surface area (Å²) < 4.78 is 25.4. The van der Waals surface area contributed by atoms with Crippen LogP contribution in [0.5, 0.6) is 5.75 Å². The Morgan fingerprint density at radius 3 is 2.28 bits per heavy atom. The molecule has 1 aromatic heterocycles. The molecular weight excluding hydrogens is 453 g/mol. The number of amides is 1. The molecule has 1 heterocycles. The van der Waals surface area contributed by atoms with E-state index in [0.717, 1.165) is 33.2 Å². The van der Waals surface area contributed by atoms with Crippen molar-refractivity contribution in [2.75, 3.05) is 12.4 Å². The zero-order chi connectivity index (χ0) is 25.1. The van der Waals surface area contributed by atoms with E-state index in [2.05, 4.69) is 41.7 Å². The molecule has 5 rings (SSSR count). The Morgan fingerprint density at radius 2 is 1.56 bits per heavy atom. The van der Waals surface area contributed by atoms with Gasteiger partial charge in [-0.25, -0.2) is 4.39 Å². The Balaban J connectivity index is 1.48. The van der Waals surface area contributed by atoms with Crippen molar-refractivity contribution in [1.82, 2.24) is 0 Å². The van der Waals surface area contributed by atoms with Crippen LogP contribution in [0.2, 0.25) is 0 Å². The molecule has 0 radical (unpaired) electrons. The first-order valence-electron chi connectivity index (χ1n) is 11.5. The number of carbonyl (C=O) groups excluding carboxylic acids is 1. The van der Waals surface area contributed by atoms with Crippen LogP contribution in [0.3, 0.4) is 0 Å². The highest BCUT2D eigenvalue weighted by molar-refractivity contribution is 6.05. The number of nitrogens with one attached hydrogen (secondary N) is 1. The normalized spacial score (nSPS) is 11.5. The van der Waals surface area contributed by atoms with E-state index in [1.807, 2.05) is 37.3 Å². The molecule has 36 heavy (non-hydrogen) atoms. The number of benzene rings is 4. The van der Waals surface area contributed by atoms with Crippen LogP contribution in [0.15, 0.2) is 108 Å². The maximum atomic E-state index is 13.9. The van der Waals surface area contributed by atoms with Gasteiger partial charge in [-0.15, -0.1) is 0 Å². The third-order valence-corrected chi connectivity index (χ3v) is 6.10. The predicted octanol–water partition coefficient (Wildman–Crippen LogP) is 7.96. The minimum Gasteiger partial charge on any atom is -0.496 e. The van der Waals surface area contributed by atoms with Crippen LogP contribution in [0.25, 0.3) is 38.8 Å². The van der Waals surface area contributed by atoms with E-state index in [9.17, 15) is 9.18 Å². The molecule has 0 saturated carbocycles. The van der Waals surface area contributed by atoms with E-state index >= 15 is 0 Å². The highest BCUT2D eigenvalue weighted by Gasteiger charge is 2.15. The van der Waals surface area contributed by atoms with Crippen molar-refractivity contribution >= 4 is 28.1 Å². The second kappa shape index (κ2) is 9.92. The van der Waals surface area contributed by atoms with Gasteiger partial charge in [-0.2, -0.15) is 0 Å². The van der Waals surface area contributed by atoms with E-state index in [0.29, 0.717) is 16.9 Å². The number of rotatable bonds is 6. The summed E-state index contributed by atoms with van der Waals surface area (Å²) in [5.74, 6) is -0.337. The Labute approximate surface area is 208 Å². The number of methoxy groups -OCH3 is 1. The number of anilines is 1. The van der Waals surface area contributed by atoms with Crippen LogP contribution < -0.4 is 10.1 Å². The van der Waals surface area contributed by atoms with Gasteiger partial charge in [-0.1, -0.05) is 66.7 Å². The topological polar surface area (TPSA) is 51.5 Å². The molecule has 0 aliphatic rings. The molecule has 178 valence electrons. The maximum absolute atomic E-state index is 13.9. The van der Waals surface area contributed by atoms with Crippen molar-refractivity contribution < 1.29 is 18.3 Å². The molecule has 1 N–H and O–H groups in total. The number of fused-ring (bicyclic) bond motifs is 1. The molecule has 0 saturated heterocycles. The Bertz CT molecular complexity index is 1570. The molecule has 0 bridgehead atoms. The third kappa shape index (κ3) is 4.64. The van der Waals surface area contributed by atoms with Crippen LogP contribution in [0, 0.1) is 5.82 Å². The number of hydrogen-bond donors (Lipinski definition) is 1. The lowest BCUT2D eigenvalue weighted by Gasteiger charge is -2.10. The second-order valence-corrected chi connectivity index (χ2v) is 8.44. The van der Waals surface area contributed by atoms with Gasteiger partial charge in [0.2, 0.25) is 5.91 Å². The summed E-state index contributed by atoms with van der Waals surface area (Å²) in [5, 5.41) is 3.49. The van der Waals surface area contributed by atoms with Gasteiger partial charge < -0.3 is 14.5 Å². The molecule has 0 aliphatic carbocycles. The quantitative estimate of drug-likeness (QED) is 0.252. The molecule has 0 unspecified atom stereocenters. The summed E-state index contributed by atoms with van der Waals surface area (Å²) in [6, 6.07) is 28.4. The third-order valence-electron chi connectivity index (χ3n) is 6.10. The molecule has 0 spiro atoms. The SMILES string of the molecule is COc1cc2occ(-c3ccc(-c4ccccc4)cc3)c2cc1/C(C)=C/C(=O)Nc1ccccc1F. The van der Waals surface area contributed by atoms with Gasteiger partial charge in [0, 0.05) is 28.7 Å². The van der Waals surface area contributed by atoms with Gasteiger partial charge in [0.15, 0.2) is 0 Å². The highest BCUT2D eigenvalue weighted by Crippen LogP contribution is 2.38. The predicted molar refractivity (Wildman–Crippen MR) is 142 cm³/mol. The number of halogens is 1. The first-order valence-corrected chi connectivity index (χ1v) is 11.5. The number of hydrogen-bond acceptors (Lipinski definition) is 3. The van der Waals surface area contributed by atoms with E-state index < -0.39 is 11.7 Å². The number of furan rings is 1. The van der Waals surface area contributed by atoms with Crippen molar-refractivity contribution in [2.45, 2.75) is 6.92 Å². The van der Waals surface area contributed by atoms with Crippen LogP contribution in [-0.2, 0) is 4.79 Å². The van der Waals surface area contributed by atoms with Crippen molar-refractivity contribution in [2.24, 2.45) is 0 Å². The van der Waals surface area contributed by atoms with E-state index in [1.54, 1.807) is 25.5 Å². The van der Waals surface area contributed by atoms with Crippen LogP contribution in [-0.4, -0.2) is 13.0 Å². The largest absolute Gasteiger partial charge is 0.496 e. The summed E-state index contributed by atoms with van der Waals surface area (Å²) in [7, 11) is 1.57. The van der Waals surface area contributed by atoms with E-state index in [-0.39, 0.29) is 5.69 Å². The molecular formula is C31H24FNO3. The molecule has 1 amide bonds. The lowest BCUT2D eigenvalue weighted by molar-refractivity contribution is -0.111. The summed E-state index contributed by atoms with van der Waals surface area (Å²) in [6.45, 7) is 1.82. The zero-order valence-corrected chi connectivity index (χ0v) is 19.9. The molecule has 4 aromatic carbocycles. The van der Waals surface area contributed by atoms with Crippen molar-refractivity contribution in [3.63, 3.8) is 0 Å². The summed E-state index contributed by atoms with van der Waals surface area (Å²) in [4.78, 5) is 12.6. The smallest absolute Gasteiger partial charge is 0.248 e. The van der Waals surface area contributed by atoms with Crippen LogP contribution in [0.4, 0.5) is 10.1 Å². The number of allylic oxidation sites excluding steroid dienone is 1. The fourth-order valence-electron chi connectivity index (χ4n) is 4.23. The zero-order valence-electron chi connectivity index (χ0n) is 19.9. The molecule has 5 aromatic rings. The average molecular weight is 478 g/mol. The Kier molecular flexibility index (Phi) is 6.37. The molecule has 0 fully saturated rings. The number of ether oxygens (including phenoxy) is 1. The fourth-order valence-corrected chi connectivity index (χ4v) is 4.23. The summed E-state index contributed by atoms with van der Waals surface area (Å²) >= 11 is 0. The van der Waals surface area contributed by atoms with Gasteiger partial charge in [0.1, 0.15) is 17.1 Å². The summed E-state index contributed by atoms with van der Waals surface area (Å²) in [6.07, 6.45) is 3.17. The minimum absolute atomic E-state index is 0.130. The summed E-state index contributed by atoms with van der Waals surface area (Å²) in [5.41, 5.74) is 6.48. The molecule has 0 aliphatic heterocycles. The first-order chi connectivity index (χ1) is 17.5. The van der Waals surface area contributed by atoms with Gasteiger partial charge in [0.25, 0.3) is 0 Å². The van der Waals surface area contributed by atoms with E-state index in [1.165, 1.54) is 18.2 Å². The van der Waals surface area contributed by atoms with Gasteiger partial charge in [-0.3, -0.25) is 4.79 Å². The molecule has 5 heteroatoms. The van der Waals surface area contributed by atoms with E-state index in [4.69, 9.17) is 9.15 Å². The minimum atomic E-state index is -0.489. The standard InChI is InChI=1S/C31H24FNO3/c1-20(16-31(34)33-28-11-7-6-10-27(28)32)24-17-25-26(19-36-30(25)18-29(24)35-2)23-14-12-22(13-15-23)21-8-4-3-5-9-21/h3-19H,1-2H3,(H,33,34)/b20-16+. The van der Waals surface area contributed by atoms with Gasteiger partial charge in [-0.05, 0) is 47.4 Å². The van der Waals surface area contributed by atoms with Crippen LogP contribution in [0.1, 0.15) is 12.5 Å². The van der Waals surface area contributed by atoms with Gasteiger partial charge in [0.05, 0.1) is 19.1 Å². The number of carbonyl (C=O) groups is 1. The lowest BCUT2D eigenvalue weighted by atomic mass is 9.97. The monoisotopic (exact) mass is 477 g/mol. The van der Waals surface area contributed by atoms with Crippen molar-refractivity contribution in [3.8, 4) is 28.0 Å². The number of para-hydroxylation sites is 1. The Hall–Kier alpha value is -4.64. The second-order valence-electron chi connectivity index (χ2n) is 8.44. The lowest BCUT2D eigenvalue weighted by Crippen LogP contribution is -2.10. The van der Waals surface area contributed by atoms with Crippen molar-refractivity contribution in [1.29, 1.82) is 0 Å². The van der Waals surface area contributed by atoms with Gasteiger partial charge >= 0.3 is 0 Å². The first kappa shape index (κ1) is 23.1. The fraction of sp³-hybridized carbons (Fsp3) is 0.0645. The van der Waals surface area contributed by atoms with Crippen LogP contribution >= 0.6 is 0 Å². The highest BCUT2D eigenvalue weighted by atomic mass is 19.1. The maximum Gasteiger partial charge on any atom is 0.248 e. The molecule has 0 atom stereocenters. The average Bonchev–Trinajstić information content (AvgIpc) is 3.32.